The van der Waals surface area contributed by atoms with E-state index in [1.165, 1.54) is 3.57 Å². The maximum atomic E-state index is 6.56. The molecule has 0 fully saturated rings. The lowest BCUT2D eigenvalue weighted by molar-refractivity contribution is 0.395. The summed E-state index contributed by atoms with van der Waals surface area (Å²) in [5.41, 5.74) is 4.01. The molecule has 4 rings (SSSR count). The van der Waals surface area contributed by atoms with Crippen LogP contribution in [0.25, 0.3) is 33.4 Å². The molecule has 6 heteroatoms. The Morgan fingerprint density at radius 1 is 0.900 bits per heavy atom. The van der Waals surface area contributed by atoms with Crippen LogP contribution in [0.3, 0.4) is 0 Å². The highest BCUT2D eigenvalue weighted by atomic mass is 127. The number of hydrogen-bond donors (Lipinski definition) is 0. The van der Waals surface area contributed by atoms with Gasteiger partial charge in [-0.05, 0) is 52.4 Å². The van der Waals surface area contributed by atoms with Crippen molar-refractivity contribution in [1.82, 2.24) is 15.0 Å². The third-order valence-corrected chi connectivity index (χ3v) is 5.85. The zero-order valence-corrected chi connectivity index (χ0v) is 20.1. The van der Waals surface area contributed by atoms with Crippen LogP contribution in [0.1, 0.15) is 26.6 Å². The van der Waals surface area contributed by atoms with Gasteiger partial charge in [0, 0.05) is 25.1 Å². The minimum Gasteiger partial charge on any atom is -0.480 e. The van der Waals surface area contributed by atoms with Crippen molar-refractivity contribution in [1.29, 1.82) is 0 Å². The van der Waals surface area contributed by atoms with E-state index in [1.807, 2.05) is 24.3 Å². The molecule has 0 aliphatic heterocycles. The molecule has 0 radical (unpaired) electrons. The number of ether oxygens (including phenoxy) is 1. The number of pyridine rings is 1. The molecule has 0 bridgehead atoms. The van der Waals surface area contributed by atoms with Crippen LogP contribution in [0, 0.1) is 3.57 Å². The second-order valence-corrected chi connectivity index (χ2v) is 9.70. The van der Waals surface area contributed by atoms with E-state index >= 15 is 0 Å². The van der Waals surface area contributed by atoms with Gasteiger partial charge in [0.2, 0.25) is 5.88 Å². The molecular formula is C24H21ClIN3O. The van der Waals surface area contributed by atoms with Gasteiger partial charge in [0.1, 0.15) is 5.82 Å². The fraction of sp³-hybridized carbons (Fsp3) is 0.208. The molecule has 0 saturated carbocycles. The lowest BCUT2D eigenvalue weighted by Gasteiger charge is -2.19. The molecular weight excluding hydrogens is 509 g/mol. The molecule has 0 amide bonds. The molecule has 152 valence electrons. The summed E-state index contributed by atoms with van der Waals surface area (Å²) in [4.78, 5) is 14.4. The first kappa shape index (κ1) is 21.0. The molecule has 0 N–H and O–H groups in total. The Hall–Kier alpha value is -2.25. The lowest BCUT2D eigenvalue weighted by atomic mass is 9.95. The van der Waals surface area contributed by atoms with Gasteiger partial charge in [-0.15, -0.1) is 0 Å². The largest absolute Gasteiger partial charge is 0.480 e. The summed E-state index contributed by atoms with van der Waals surface area (Å²) in [6.45, 7) is 6.22. The van der Waals surface area contributed by atoms with Crippen molar-refractivity contribution in [2.24, 2.45) is 0 Å². The zero-order valence-electron chi connectivity index (χ0n) is 17.2. The van der Waals surface area contributed by atoms with Gasteiger partial charge in [-0.25, -0.2) is 9.97 Å². The summed E-state index contributed by atoms with van der Waals surface area (Å²) >= 11 is 8.86. The number of benzene rings is 2. The SMILES string of the molecule is COc1nc(C(C)(C)C)nc2nc(-c3ccccc3Cl)c(-c3ccc(I)cc3)cc12. The molecule has 0 aliphatic carbocycles. The highest BCUT2D eigenvalue weighted by molar-refractivity contribution is 14.1. The van der Waals surface area contributed by atoms with Crippen molar-refractivity contribution in [3.05, 3.63) is 69.0 Å². The minimum atomic E-state index is -0.234. The van der Waals surface area contributed by atoms with Crippen molar-refractivity contribution < 1.29 is 4.74 Å². The van der Waals surface area contributed by atoms with Crippen LogP contribution in [-0.4, -0.2) is 22.1 Å². The van der Waals surface area contributed by atoms with Crippen molar-refractivity contribution in [2.45, 2.75) is 26.2 Å². The van der Waals surface area contributed by atoms with Gasteiger partial charge >= 0.3 is 0 Å². The maximum absolute atomic E-state index is 6.56. The van der Waals surface area contributed by atoms with Crippen LogP contribution in [0.5, 0.6) is 5.88 Å². The molecule has 0 spiro atoms. The number of hydrogen-bond acceptors (Lipinski definition) is 4. The van der Waals surface area contributed by atoms with E-state index in [4.69, 9.17) is 26.3 Å². The first-order chi connectivity index (χ1) is 14.3. The smallest absolute Gasteiger partial charge is 0.226 e. The molecule has 30 heavy (non-hydrogen) atoms. The second-order valence-electron chi connectivity index (χ2n) is 8.05. The highest BCUT2D eigenvalue weighted by Crippen LogP contribution is 2.38. The Morgan fingerprint density at radius 2 is 1.60 bits per heavy atom. The van der Waals surface area contributed by atoms with Crippen molar-refractivity contribution >= 4 is 45.2 Å². The fourth-order valence-electron chi connectivity index (χ4n) is 3.23. The van der Waals surface area contributed by atoms with Gasteiger partial charge in [-0.1, -0.05) is 62.7 Å². The number of fused-ring (bicyclic) bond motifs is 1. The first-order valence-corrected chi connectivity index (χ1v) is 11.0. The topological polar surface area (TPSA) is 47.9 Å². The van der Waals surface area contributed by atoms with Crippen LogP contribution in [0.4, 0.5) is 0 Å². The predicted octanol–water partition coefficient (Wildman–Crippen LogP) is 6.92. The number of methoxy groups -OCH3 is 1. The average molecular weight is 530 g/mol. The van der Waals surface area contributed by atoms with Crippen molar-refractivity contribution in [2.75, 3.05) is 7.11 Å². The summed E-state index contributed by atoms with van der Waals surface area (Å²) in [6, 6.07) is 18.1. The Labute approximate surface area is 194 Å². The van der Waals surface area contributed by atoms with E-state index in [-0.39, 0.29) is 5.41 Å². The minimum absolute atomic E-state index is 0.234. The average Bonchev–Trinajstić information content (AvgIpc) is 2.72. The van der Waals surface area contributed by atoms with Gasteiger partial charge in [0.25, 0.3) is 0 Å². The van der Waals surface area contributed by atoms with E-state index in [2.05, 4.69) is 78.7 Å². The zero-order chi connectivity index (χ0) is 21.5. The van der Waals surface area contributed by atoms with Gasteiger partial charge in [-0.3, -0.25) is 0 Å². The van der Waals surface area contributed by atoms with E-state index < -0.39 is 0 Å². The van der Waals surface area contributed by atoms with E-state index in [1.54, 1.807) is 7.11 Å². The van der Waals surface area contributed by atoms with Gasteiger partial charge < -0.3 is 4.74 Å². The first-order valence-electron chi connectivity index (χ1n) is 9.56. The van der Waals surface area contributed by atoms with Crippen LogP contribution >= 0.6 is 34.2 Å². The maximum Gasteiger partial charge on any atom is 0.226 e. The Bertz CT molecular complexity index is 1230. The third kappa shape index (κ3) is 4.01. The molecule has 0 unspecified atom stereocenters. The third-order valence-electron chi connectivity index (χ3n) is 4.80. The van der Waals surface area contributed by atoms with Crippen LogP contribution < -0.4 is 4.74 Å². The van der Waals surface area contributed by atoms with Gasteiger partial charge in [-0.2, -0.15) is 4.98 Å². The molecule has 4 nitrogen and oxygen atoms in total. The number of aromatic nitrogens is 3. The molecule has 0 aliphatic rings. The lowest BCUT2D eigenvalue weighted by Crippen LogP contribution is -2.17. The summed E-state index contributed by atoms with van der Waals surface area (Å²) in [7, 11) is 1.63. The van der Waals surface area contributed by atoms with Crippen LogP contribution in [-0.2, 0) is 5.41 Å². The fourth-order valence-corrected chi connectivity index (χ4v) is 3.81. The summed E-state index contributed by atoms with van der Waals surface area (Å²) < 4.78 is 6.79. The van der Waals surface area contributed by atoms with Crippen LogP contribution in [0.15, 0.2) is 54.6 Å². The highest BCUT2D eigenvalue weighted by Gasteiger charge is 2.23. The Balaban J connectivity index is 2.09. The Kier molecular flexibility index (Phi) is 5.68. The van der Waals surface area contributed by atoms with Crippen molar-refractivity contribution in [3.8, 4) is 28.3 Å². The Morgan fingerprint density at radius 3 is 2.23 bits per heavy atom. The van der Waals surface area contributed by atoms with Gasteiger partial charge in [0.05, 0.1) is 18.2 Å². The summed E-state index contributed by atoms with van der Waals surface area (Å²) in [5, 5.41) is 1.42. The molecule has 2 aromatic heterocycles. The quantitative estimate of drug-likeness (QED) is 0.270. The monoisotopic (exact) mass is 529 g/mol. The number of rotatable bonds is 3. The molecule has 2 aromatic carbocycles. The molecule has 2 heterocycles. The number of nitrogens with zero attached hydrogens (tertiary/aromatic N) is 3. The van der Waals surface area contributed by atoms with E-state index in [9.17, 15) is 0 Å². The summed E-state index contributed by atoms with van der Waals surface area (Å²) in [6.07, 6.45) is 0. The molecule has 4 aromatic rings. The normalized spacial score (nSPS) is 11.7. The van der Waals surface area contributed by atoms with Crippen molar-refractivity contribution in [3.63, 3.8) is 0 Å². The summed E-state index contributed by atoms with van der Waals surface area (Å²) in [5.74, 6) is 1.21. The van der Waals surface area contributed by atoms with E-state index in [0.717, 1.165) is 27.8 Å². The standard InChI is InChI=1S/C24H21ClIN3O/c1-24(2,3)23-28-21-18(22(29-23)30-4)13-17(14-9-11-15(26)12-10-14)20(27-21)16-7-5-6-8-19(16)25/h5-13H,1-4H3. The van der Waals surface area contributed by atoms with Crippen LogP contribution in [0.2, 0.25) is 5.02 Å². The molecule has 0 atom stereocenters. The molecule has 0 saturated heterocycles. The number of halogens is 2. The van der Waals surface area contributed by atoms with Gasteiger partial charge in [0.15, 0.2) is 5.65 Å². The predicted molar refractivity (Wildman–Crippen MR) is 131 cm³/mol. The second kappa shape index (κ2) is 8.12. The van der Waals surface area contributed by atoms with E-state index in [0.29, 0.717) is 22.4 Å².